The Morgan fingerprint density at radius 1 is 1.39 bits per heavy atom. The Balaban J connectivity index is 2.06. The summed E-state index contributed by atoms with van der Waals surface area (Å²) in [6.07, 6.45) is 4.50. The molecule has 2 aromatic heterocycles. The lowest BCUT2D eigenvalue weighted by Gasteiger charge is -2.11. The maximum absolute atomic E-state index is 8.70. The number of pyridine rings is 1. The Morgan fingerprint density at radius 2 is 2.22 bits per heavy atom. The zero-order valence-corrected chi connectivity index (χ0v) is 11.2. The fourth-order valence-electron chi connectivity index (χ4n) is 1.52. The third-order valence-corrected chi connectivity index (χ3v) is 3.87. The van der Waals surface area contributed by atoms with E-state index in [1.165, 1.54) is 4.88 Å². The van der Waals surface area contributed by atoms with Crippen molar-refractivity contribution in [2.24, 2.45) is 0 Å². The van der Waals surface area contributed by atoms with Crippen LogP contribution in [0.4, 0.5) is 5.82 Å². The van der Waals surface area contributed by atoms with E-state index in [-0.39, 0.29) is 6.04 Å². The molecule has 1 atom stereocenters. The van der Waals surface area contributed by atoms with Crippen LogP contribution in [0, 0.1) is 11.3 Å². The highest BCUT2D eigenvalue weighted by molar-refractivity contribution is 7.11. The fraction of sp³-hybridized carbons (Fsp3) is 0.308. The molecule has 0 aliphatic carbocycles. The van der Waals surface area contributed by atoms with E-state index < -0.39 is 0 Å². The van der Waals surface area contributed by atoms with Crippen LogP contribution in [0.5, 0.6) is 0 Å². The monoisotopic (exact) mass is 258 g/mol. The second kappa shape index (κ2) is 5.61. The van der Waals surface area contributed by atoms with E-state index in [1.54, 1.807) is 23.6 Å². The van der Waals surface area contributed by atoms with Crippen molar-refractivity contribution >= 4 is 17.2 Å². The maximum atomic E-state index is 8.70. The predicted octanol–water partition coefficient (Wildman–Crippen LogP) is 3.15. The maximum Gasteiger partial charge on any atom is 0.126 e. The first-order valence-corrected chi connectivity index (χ1v) is 6.62. The van der Waals surface area contributed by atoms with E-state index in [0.29, 0.717) is 5.56 Å². The summed E-state index contributed by atoms with van der Waals surface area (Å²) in [6.45, 7) is 4.18. The first-order chi connectivity index (χ1) is 8.72. The first-order valence-electron chi connectivity index (χ1n) is 5.80. The van der Waals surface area contributed by atoms with E-state index >= 15 is 0 Å². The van der Waals surface area contributed by atoms with Gasteiger partial charge in [-0.3, -0.25) is 0 Å². The number of aryl methyl sites for hydroxylation is 1. The molecule has 92 valence electrons. The van der Waals surface area contributed by atoms with Gasteiger partial charge in [0.2, 0.25) is 0 Å². The summed E-state index contributed by atoms with van der Waals surface area (Å²) in [5.41, 5.74) is 0.565. The summed E-state index contributed by atoms with van der Waals surface area (Å²) in [5, 5.41) is 13.0. The van der Waals surface area contributed by atoms with E-state index in [0.717, 1.165) is 17.2 Å². The van der Waals surface area contributed by atoms with Crippen molar-refractivity contribution in [2.75, 3.05) is 5.32 Å². The third-order valence-electron chi connectivity index (χ3n) is 2.55. The lowest BCUT2D eigenvalue weighted by atomic mass is 10.3. The molecule has 1 N–H and O–H groups in total. The molecule has 0 fully saturated rings. The van der Waals surface area contributed by atoms with Crippen LogP contribution in [0.3, 0.4) is 0 Å². The molecule has 18 heavy (non-hydrogen) atoms. The molecule has 4 nitrogen and oxygen atoms in total. The second-order valence-electron chi connectivity index (χ2n) is 3.93. The van der Waals surface area contributed by atoms with Gasteiger partial charge in [0.1, 0.15) is 16.9 Å². The Morgan fingerprint density at radius 3 is 2.78 bits per heavy atom. The molecule has 0 bridgehead atoms. The van der Waals surface area contributed by atoms with Gasteiger partial charge < -0.3 is 5.32 Å². The highest BCUT2D eigenvalue weighted by Crippen LogP contribution is 2.23. The number of anilines is 1. The second-order valence-corrected chi connectivity index (χ2v) is 5.08. The summed E-state index contributed by atoms with van der Waals surface area (Å²) in [5.74, 6) is 0.759. The van der Waals surface area contributed by atoms with Crippen molar-refractivity contribution in [3.05, 3.63) is 40.0 Å². The molecule has 0 aromatic carbocycles. The van der Waals surface area contributed by atoms with E-state index in [2.05, 4.69) is 29.1 Å². The summed E-state index contributed by atoms with van der Waals surface area (Å²) in [4.78, 5) is 9.86. The number of rotatable bonds is 4. The summed E-state index contributed by atoms with van der Waals surface area (Å²) in [6, 6.07) is 5.73. The lowest BCUT2D eigenvalue weighted by Crippen LogP contribution is -2.07. The number of aromatic nitrogens is 2. The van der Waals surface area contributed by atoms with Crippen molar-refractivity contribution in [2.45, 2.75) is 26.3 Å². The Hall–Kier alpha value is -1.93. The minimum absolute atomic E-state index is 0.121. The average Bonchev–Trinajstić information content (AvgIpc) is 2.88. The van der Waals surface area contributed by atoms with Crippen LogP contribution in [-0.4, -0.2) is 9.97 Å². The molecule has 0 aliphatic rings. The molecule has 0 amide bonds. The van der Waals surface area contributed by atoms with Gasteiger partial charge in [-0.15, -0.1) is 11.3 Å². The van der Waals surface area contributed by atoms with Crippen LogP contribution >= 0.6 is 11.3 Å². The number of thiazole rings is 1. The van der Waals surface area contributed by atoms with Gasteiger partial charge in [0.05, 0.1) is 11.6 Å². The van der Waals surface area contributed by atoms with Gasteiger partial charge in [0.25, 0.3) is 0 Å². The van der Waals surface area contributed by atoms with E-state index in [4.69, 9.17) is 5.26 Å². The fourth-order valence-corrected chi connectivity index (χ4v) is 2.37. The van der Waals surface area contributed by atoms with Crippen LogP contribution in [0.25, 0.3) is 0 Å². The average molecular weight is 258 g/mol. The molecule has 0 spiro atoms. The molecule has 2 rings (SSSR count). The summed E-state index contributed by atoms with van der Waals surface area (Å²) in [7, 11) is 0. The molecule has 1 unspecified atom stereocenters. The van der Waals surface area contributed by atoms with Crippen molar-refractivity contribution in [3.63, 3.8) is 0 Å². The number of hydrogen-bond acceptors (Lipinski definition) is 5. The van der Waals surface area contributed by atoms with Gasteiger partial charge in [-0.2, -0.15) is 5.26 Å². The van der Waals surface area contributed by atoms with E-state index in [9.17, 15) is 0 Å². The molecular weight excluding hydrogens is 244 g/mol. The van der Waals surface area contributed by atoms with Crippen LogP contribution in [0.1, 0.15) is 35.3 Å². The third kappa shape index (κ3) is 2.84. The molecule has 0 aliphatic heterocycles. The van der Waals surface area contributed by atoms with Gasteiger partial charge >= 0.3 is 0 Å². The molecule has 5 heteroatoms. The van der Waals surface area contributed by atoms with Crippen LogP contribution in [0.2, 0.25) is 0 Å². The van der Waals surface area contributed by atoms with Crippen molar-refractivity contribution in [1.29, 1.82) is 5.26 Å². The first kappa shape index (κ1) is 12.5. The van der Waals surface area contributed by atoms with Crippen molar-refractivity contribution in [3.8, 4) is 6.07 Å². The number of nitrogens with zero attached hydrogens (tertiary/aromatic N) is 3. The quantitative estimate of drug-likeness (QED) is 0.915. The Labute approximate surface area is 110 Å². The zero-order valence-electron chi connectivity index (χ0n) is 10.3. The largest absolute Gasteiger partial charge is 0.361 e. The number of nitriles is 1. The number of nitrogens with one attached hydrogen (secondary N) is 1. The molecule has 0 radical (unpaired) electrons. The van der Waals surface area contributed by atoms with Crippen LogP contribution in [-0.2, 0) is 6.42 Å². The minimum Gasteiger partial charge on any atom is -0.361 e. The standard InChI is InChI=1S/C13H14N4S/c1-3-11-8-16-13(18-11)9(2)17-12-5-4-10(6-14)7-15-12/h4-5,7-9H,3H2,1-2H3,(H,15,17). The van der Waals surface area contributed by atoms with Gasteiger partial charge in [-0.1, -0.05) is 6.92 Å². The zero-order chi connectivity index (χ0) is 13.0. The van der Waals surface area contributed by atoms with E-state index in [1.807, 2.05) is 18.3 Å². The SMILES string of the molecule is CCc1cnc(C(C)Nc2ccc(C#N)cn2)s1. The predicted molar refractivity (Wildman–Crippen MR) is 72.5 cm³/mol. The van der Waals surface area contributed by atoms with Crippen LogP contribution < -0.4 is 5.32 Å². The van der Waals surface area contributed by atoms with Gasteiger partial charge in [-0.05, 0) is 25.5 Å². The molecular formula is C13H14N4S. The summed E-state index contributed by atoms with van der Waals surface area (Å²) < 4.78 is 0. The van der Waals surface area contributed by atoms with Crippen molar-refractivity contribution in [1.82, 2.24) is 9.97 Å². The molecule has 2 aromatic rings. The van der Waals surface area contributed by atoms with Gasteiger partial charge in [0, 0.05) is 17.3 Å². The molecule has 2 heterocycles. The molecule has 0 saturated carbocycles. The highest BCUT2D eigenvalue weighted by atomic mass is 32.1. The Kier molecular flexibility index (Phi) is 3.90. The smallest absolute Gasteiger partial charge is 0.126 e. The minimum atomic E-state index is 0.121. The topological polar surface area (TPSA) is 61.6 Å². The highest BCUT2D eigenvalue weighted by Gasteiger charge is 2.10. The molecule has 0 saturated heterocycles. The van der Waals surface area contributed by atoms with Gasteiger partial charge in [0.15, 0.2) is 0 Å². The Bertz CT molecular complexity index is 553. The van der Waals surface area contributed by atoms with Crippen LogP contribution in [0.15, 0.2) is 24.5 Å². The lowest BCUT2D eigenvalue weighted by molar-refractivity contribution is 0.860. The van der Waals surface area contributed by atoms with Gasteiger partial charge in [-0.25, -0.2) is 9.97 Å². The summed E-state index contributed by atoms with van der Waals surface area (Å²) >= 11 is 1.71. The van der Waals surface area contributed by atoms with Crippen molar-refractivity contribution < 1.29 is 0 Å². The number of hydrogen-bond donors (Lipinski definition) is 1. The normalized spacial score (nSPS) is 11.8.